The standard InChI is InChI=1S/C16H14F3N5O/c17-16(18,19)9-4-5-11-12(8-9)22-15(21-11)23-14(25)13-6-7-20-24(13)10-2-1-3-10/h4-8,10H,1-3H2,(H2,21,22,23,25). The average Bonchev–Trinajstić information content (AvgIpc) is 3.09. The van der Waals surface area contributed by atoms with Crippen LogP contribution in [-0.4, -0.2) is 25.7 Å². The van der Waals surface area contributed by atoms with E-state index in [1.807, 2.05) is 0 Å². The van der Waals surface area contributed by atoms with Crippen LogP contribution in [0.4, 0.5) is 19.1 Å². The second-order valence-electron chi connectivity index (χ2n) is 6.01. The van der Waals surface area contributed by atoms with Crippen molar-refractivity contribution < 1.29 is 18.0 Å². The fourth-order valence-corrected chi connectivity index (χ4v) is 2.83. The molecule has 2 N–H and O–H groups in total. The molecule has 1 aliphatic rings. The lowest BCUT2D eigenvalue weighted by Gasteiger charge is -2.27. The first kappa shape index (κ1) is 15.7. The Morgan fingerprint density at radius 1 is 1.28 bits per heavy atom. The predicted molar refractivity (Wildman–Crippen MR) is 84.2 cm³/mol. The summed E-state index contributed by atoms with van der Waals surface area (Å²) in [6, 6.07) is 5.03. The lowest BCUT2D eigenvalue weighted by atomic mass is 9.93. The summed E-state index contributed by atoms with van der Waals surface area (Å²) < 4.78 is 40.0. The summed E-state index contributed by atoms with van der Waals surface area (Å²) in [4.78, 5) is 19.2. The van der Waals surface area contributed by atoms with E-state index < -0.39 is 17.6 Å². The maximum absolute atomic E-state index is 12.8. The Bertz CT molecular complexity index is 939. The van der Waals surface area contributed by atoms with Gasteiger partial charge in [-0.05, 0) is 43.5 Å². The van der Waals surface area contributed by atoms with Gasteiger partial charge in [-0.2, -0.15) is 18.3 Å². The van der Waals surface area contributed by atoms with Crippen molar-refractivity contribution in [2.24, 2.45) is 0 Å². The van der Waals surface area contributed by atoms with Gasteiger partial charge >= 0.3 is 6.18 Å². The molecule has 0 atom stereocenters. The molecule has 0 radical (unpaired) electrons. The monoisotopic (exact) mass is 349 g/mol. The van der Waals surface area contributed by atoms with Gasteiger partial charge in [0.25, 0.3) is 5.91 Å². The van der Waals surface area contributed by atoms with E-state index >= 15 is 0 Å². The number of hydrogen-bond acceptors (Lipinski definition) is 3. The smallest absolute Gasteiger partial charge is 0.324 e. The summed E-state index contributed by atoms with van der Waals surface area (Å²) in [6.45, 7) is 0. The zero-order chi connectivity index (χ0) is 17.6. The first-order chi connectivity index (χ1) is 11.9. The molecule has 25 heavy (non-hydrogen) atoms. The molecule has 1 fully saturated rings. The molecule has 4 rings (SSSR count). The Morgan fingerprint density at radius 2 is 2.08 bits per heavy atom. The van der Waals surface area contributed by atoms with Crippen LogP contribution >= 0.6 is 0 Å². The Kier molecular flexibility index (Phi) is 3.52. The van der Waals surface area contributed by atoms with Gasteiger partial charge in [0, 0.05) is 6.20 Å². The van der Waals surface area contributed by atoms with E-state index in [2.05, 4.69) is 20.4 Å². The minimum Gasteiger partial charge on any atom is -0.324 e. The minimum atomic E-state index is -4.43. The van der Waals surface area contributed by atoms with Crippen LogP contribution in [-0.2, 0) is 6.18 Å². The molecule has 9 heteroatoms. The van der Waals surface area contributed by atoms with E-state index in [4.69, 9.17) is 0 Å². The van der Waals surface area contributed by atoms with Crippen LogP contribution in [0.2, 0.25) is 0 Å². The van der Waals surface area contributed by atoms with E-state index in [-0.39, 0.29) is 17.5 Å². The van der Waals surface area contributed by atoms with E-state index in [0.29, 0.717) is 11.2 Å². The number of imidazole rings is 1. The molecule has 0 aliphatic heterocycles. The van der Waals surface area contributed by atoms with Crippen molar-refractivity contribution in [1.82, 2.24) is 19.7 Å². The van der Waals surface area contributed by atoms with Crippen LogP contribution in [0, 0.1) is 0 Å². The first-order valence-electron chi connectivity index (χ1n) is 7.83. The number of halogens is 3. The highest BCUT2D eigenvalue weighted by atomic mass is 19.4. The third-order valence-corrected chi connectivity index (χ3v) is 4.36. The summed E-state index contributed by atoms with van der Waals surface area (Å²) in [5, 5.41) is 6.77. The Hall–Kier alpha value is -2.84. The van der Waals surface area contributed by atoms with Crippen LogP contribution in [0.15, 0.2) is 30.5 Å². The van der Waals surface area contributed by atoms with Gasteiger partial charge in [0.1, 0.15) is 5.69 Å². The Balaban J connectivity index is 1.58. The van der Waals surface area contributed by atoms with Crippen molar-refractivity contribution in [2.75, 3.05) is 5.32 Å². The number of nitrogens with zero attached hydrogens (tertiary/aromatic N) is 3. The summed E-state index contributed by atoms with van der Waals surface area (Å²) in [7, 11) is 0. The number of fused-ring (bicyclic) bond motifs is 1. The van der Waals surface area contributed by atoms with Crippen LogP contribution < -0.4 is 5.32 Å². The second-order valence-corrected chi connectivity index (χ2v) is 6.01. The molecule has 1 saturated carbocycles. The highest BCUT2D eigenvalue weighted by molar-refractivity contribution is 6.02. The molecule has 2 heterocycles. The van der Waals surface area contributed by atoms with Gasteiger partial charge in [-0.1, -0.05) is 0 Å². The molecule has 6 nitrogen and oxygen atoms in total. The largest absolute Gasteiger partial charge is 0.416 e. The molecule has 0 unspecified atom stereocenters. The maximum Gasteiger partial charge on any atom is 0.416 e. The maximum atomic E-state index is 12.8. The molecule has 2 aromatic heterocycles. The molecule has 0 bridgehead atoms. The normalized spacial score (nSPS) is 15.3. The number of amides is 1. The highest BCUT2D eigenvalue weighted by Gasteiger charge is 2.31. The van der Waals surface area contributed by atoms with Gasteiger partial charge in [-0.15, -0.1) is 0 Å². The van der Waals surface area contributed by atoms with Crippen LogP contribution in [0.25, 0.3) is 11.0 Å². The molecule has 130 valence electrons. The summed E-state index contributed by atoms with van der Waals surface area (Å²) in [5.41, 5.74) is 0.180. The second kappa shape index (κ2) is 5.61. The van der Waals surface area contributed by atoms with E-state index in [9.17, 15) is 18.0 Å². The lowest BCUT2D eigenvalue weighted by molar-refractivity contribution is -0.137. The predicted octanol–water partition coefficient (Wildman–Crippen LogP) is 3.76. The van der Waals surface area contributed by atoms with Gasteiger partial charge in [-0.25, -0.2) is 4.98 Å². The fraction of sp³-hybridized carbons (Fsp3) is 0.312. The lowest BCUT2D eigenvalue weighted by Crippen LogP contribution is -2.25. The molecule has 3 aromatic rings. The molecule has 1 aromatic carbocycles. The number of carbonyl (C=O) groups excluding carboxylic acids is 1. The fourth-order valence-electron chi connectivity index (χ4n) is 2.83. The topological polar surface area (TPSA) is 75.6 Å². The minimum absolute atomic E-state index is 0.0979. The molecular formula is C16H14F3N5O. The number of hydrogen-bond donors (Lipinski definition) is 2. The number of anilines is 1. The number of carbonyl (C=O) groups is 1. The number of rotatable bonds is 3. The summed E-state index contributed by atoms with van der Waals surface area (Å²) >= 11 is 0. The van der Waals surface area contributed by atoms with Gasteiger partial charge in [0.05, 0.1) is 22.6 Å². The SMILES string of the molecule is O=C(Nc1nc2ccc(C(F)(F)F)cc2[nH]1)c1ccnn1C1CCC1. The third kappa shape index (κ3) is 2.86. The van der Waals surface area contributed by atoms with Crippen molar-refractivity contribution >= 4 is 22.9 Å². The summed E-state index contributed by atoms with van der Waals surface area (Å²) in [6.07, 6.45) is 0.190. The van der Waals surface area contributed by atoms with Crippen molar-refractivity contribution in [3.63, 3.8) is 0 Å². The van der Waals surface area contributed by atoms with Crippen LogP contribution in [0.3, 0.4) is 0 Å². The quantitative estimate of drug-likeness (QED) is 0.756. The Morgan fingerprint density at radius 3 is 2.76 bits per heavy atom. The summed E-state index contributed by atoms with van der Waals surface area (Å²) in [5.74, 6) is -0.305. The van der Waals surface area contributed by atoms with Crippen molar-refractivity contribution in [3.8, 4) is 0 Å². The molecule has 0 spiro atoms. The van der Waals surface area contributed by atoms with Crippen LogP contribution in [0.1, 0.15) is 41.4 Å². The van der Waals surface area contributed by atoms with Crippen molar-refractivity contribution in [1.29, 1.82) is 0 Å². The molecule has 1 amide bonds. The number of alkyl halides is 3. The van der Waals surface area contributed by atoms with E-state index in [1.54, 1.807) is 16.9 Å². The zero-order valence-electron chi connectivity index (χ0n) is 13.0. The zero-order valence-corrected chi connectivity index (χ0v) is 13.0. The molecular weight excluding hydrogens is 335 g/mol. The van der Waals surface area contributed by atoms with E-state index in [1.165, 1.54) is 6.07 Å². The van der Waals surface area contributed by atoms with Gasteiger partial charge in [-0.3, -0.25) is 14.8 Å². The van der Waals surface area contributed by atoms with Gasteiger partial charge in [0.15, 0.2) is 0 Å². The van der Waals surface area contributed by atoms with Crippen molar-refractivity contribution in [3.05, 3.63) is 41.7 Å². The number of nitrogens with one attached hydrogen (secondary N) is 2. The van der Waals surface area contributed by atoms with Gasteiger partial charge < -0.3 is 4.98 Å². The average molecular weight is 349 g/mol. The van der Waals surface area contributed by atoms with E-state index in [0.717, 1.165) is 31.4 Å². The number of H-pyrrole nitrogens is 1. The Labute approximate surface area is 140 Å². The molecule has 1 aliphatic carbocycles. The third-order valence-electron chi connectivity index (χ3n) is 4.36. The molecule has 0 saturated heterocycles. The van der Waals surface area contributed by atoms with Crippen molar-refractivity contribution in [2.45, 2.75) is 31.5 Å². The first-order valence-corrected chi connectivity index (χ1v) is 7.83. The van der Waals surface area contributed by atoms with Gasteiger partial charge in [0.2, 0.25) is 5.95 Å². The number of aromatic amines is 1. The number of aromatic nitrogens is 4. The number of benzene rings is 1. The highest BCUT2D eigenvalue weighted by Crippen LogP contribution is 2.32. The van der Waals surface area contributed by atoms with Crippen LogP contribution in [0.5, 0.6) is 0 Å².